The van der Waals surface area contributed by atoms with E-state index in [1.807, 2.05) is 0 Å². The minimum absolute atomic E-state index is 0.0614. The van der Waals surface area contributed by atoms with Crippen LogP contribution >= 0.6 is 12.2 Å². The molecule has 1 aromatic carbocycles. The lowest BCUT2D eigenvalue weighted by molar-refractivity contribution is -0.137. The van der Waals surface area contributed by atoms with Crippen LogP contribution in [0.15, 0.2) is 18.2 Å². The maximum Gasteiger partial charge on any atom is 0.416 e. The van der Waals surface area contributed by atoms with Crippen molar-refractivity contribution in [2.24, 2.45) is 5.73 Å². The normalized spacial score (nSPS) is 11.2. The number of aryl methyl sites for hydroxylation is 1. The number of anilines is 1. The number of hydrogen-bond donors (Lipinski definition) is 2. The molecule has 0 aromatic heterocycles. The van der Waals surface area contributed by atoms with Gasteiger partial charge in [0.15, 0.2) is 5.11 Å². The average molecular weight is 234 g/mol. The highest BCUT2D eigenvalue weighted by molar-refractivity contribution is 7.80. The first kappa shape index (κ1) is 11.8. The molecule has 0 bridgehead atoms. The van der Waals surface area contributed by atoms with Crippen LogP contribution in [-0.4, -0.2) is 5.11 Å². The van der Waals surface area contributed by atoms with E-state index in [0.29, 0.717) is 5.56 Å². The van der Waals surface area contributed by atoms with Gasteiger partial charge in [0.25, 0.3) is 0 Å². The van der Waals surface area contributed by atoms with E-state index >= 15 is 0 Å². The van der Waals surface area contributed by atoms with Crippen molar-refractivity contribution in [3.63, 3.8) is 0 Å². The molecular formula is C9H9F3N2S. The molecule has 0 heterocycles. The van der Waals surface area contributed by atoms with Crippen molar-refractivity contribution < 1.29 is 13.2 Å². The van der Waals surface area contributed by atoms with Crippen LogP contribution in [0.25, 0.3) is 0 Å². The molecule has 15 heavy (non-hydrogen) atoms. The van der Waals surface area contributed by atoms with E-state index in [0.717, 1.165) is 12.1 Å². The number of nitrogens with two attached hydrogens (primary N) is 1. The number of nitrogens with one attached hydrogen (secondary N) is 1. The molecule has 0 aliphatic carbocycles. The van der Waals surface area contributed by atoms with Gasteiger partial charge in [-0.3, -0.25) is 0 Å². The van der Waals surface area contributed by atoms with E-state index in [1.54, 1.807) is 6.92 Å². The minimum Gasteiger partial charge on any atom is -0.376 e. The molecule has 1 aromatic rings. The molecule has 82 valence electrons. The summed E-state index contributed by atoms with van der Waals surface area (Å²) in [6, 6.07) is 3.56. The number of rotatable bonds is 1. The monoisotopic (exact) mass is 234 g/mol. The third-order valence-corrected chi connectivity index (χ3v) is 1.77. The van der Waals surface area contributed by atoms with Gasteiger partial charge in [-0.2, -0.15) is 13.2 Å². The van der Waals surface area contributed by atoms with Crippen LogP contribution < -0.4 is 11.1 Å². The Kier molecular flexibility index (Phi) is 3.18. The van der Waals surface area contributed by atoms with E-state index in [4.69, 9.17) is 5.73 Å². The van der Waals surface area contributed by atoms with Crippen molar-refractivity contribution in [1.29, 1.82) is 0 Å². The average Bonchev–Trinajstić information content (AvgIpc) is 1.99. The molecule has 0 spiro atoms. The van der Waals surface area contributed by atoms with Gasteiger partial charge in [0.2, 0.25) is 0 Å². The number of thiocarbonyl (C=S) groups is 1. The predicted octanol–water partition coefficient (Wildman–Crippen LogP) is 2.67. The lowest BCUT2D eigenvalue weighted by Gasteiger charge is -2.11. The highest BCUT2D eigenvalue weighted by Gasteiger charge is 2.30. The molecule has 3 N–H and O–H groups in total. The molecule has 0 unspecified atom stereocenters. The van der Waals surface area contributed by atoms with Gasteiger partial charge in [-0.15, -0.1) is 0 Å². The second kappa shape index (κ2) is 4.06. The van der Waals surface area contributed by atoms with E-state index in [9.17, 15) is 13.2 Å². The van der Waals surface area contributed by atoms with Crippen LogP contribution in [0.2, 0.25) is 0 Å². The Bertz CT molecular complexity index is 387. The van der Waals surface area contributed by atoms with Crippen molar-refractivity contribution in [2.75, 3.05) is 5.32 Å². The zero-order chi connectivity index (χ0) is 11.6. The first-order valence-corrected chi connectivity index (χ1v) is 4.45. The third kappa shape index (κ3) is 3.39. The molecule has 6 heteroatoms. The summed E-state index contributed by atoms with van der Waals surface area (Å²) in [7, 11) is 0. The van der Waals surface area contributed by atoms with Crippen LogP contribution in [-0.2, 0) is 6.18 Å². The van der Waals surface area contributed by atoms with Crippen LogP contribution in [0.1, 0.15) is 11.1 Å². The number of benzene rings is 1. The molecule has 1 rings (SSSR count). The Morgan fingerprint density at radius 1 is 1.33 bits per heavy atom. The first-order valence-electron chi connectivity index (χ1n) is 4.04. The Balaban J connectivity index is 3.11. The van der Waals surface area contributed by atoms with Crippen molar-refractivity contribution in [2.45, 2.75) is 13.1 Å². The number of halogens is 3. The van der Waals surface area contributed by atoms with Gasteiger partial charge in [0.05, 0.1) is 5.56 Å². The Morgan fingerprint density at radius 2 is 1.93 bits per heavy atom. The Morgan fingerprint density at radius 3 is 2.40 bits per heavy atom. The van der Waals surface area contributed by atoms with Crippen LogP contribution in [0.5, 0.6) is 0 Å². The van der Waals surface area contributed by atoms with Gasteiger partial charge < -0.3 is 11.1 Å². The van der Waals surface area contributed by atoms with E-state index in [1.165, 1.54) is 6.07 Å². The topological polar surface area (TPSA) is 38.0 Å². The van der Waals surface area contributed by atoms with E-state index in [-0.39, 0.29) is 10.8 Å². The van der Waals surface area contributed by atoms with Crippen molar-refractivity contribution in [3.8, 4) is 0 Å². The molecule has 0 radical (unpaired) electrons. The van der Waals surface area contributed by atoms with Gasteiger partial charge in [-0.05, 0) is 42.9 Å². The minimum atomic E-state index is -4.36. The summed E-state index contributed by atoms with van der Waals surface area (Å²) in [4.78, 5) is 0. The zero-order valence-electron chi connectivity index (χ0n) is 7.85. The quantitative estimate of drug-likeness (QED) is 0.734. The van der Waals surface area contributed by atoms with Gasteiger partial charge in [-0.1, -0.05) is 0 Å². The molecule has 0 aliphatic heterocycles. The smallest absolute Gasteiger partial charge is 0.376 e. The maximum atomic E-state index is 12.4. The van der Waals surface area contributed by atoms with Crippen LogP contribution in [0.4, 0.5) is 18.9 Å². The van der Waals surface area contributed by atoms with Crippen molar-refractivity contribution >= 4 is 23.0 Å². The summed E-state index contributed by atoms with van der Waals surface area (Å²) in [6.45, 7) is 1.57. The summed E-state index contributed by atoms with van der Waals surface area (Å²) < 4.78 is 37.2. The van der Waals surface area contributed by atoms with E-state index < -0.39 is 11.7 Å². The van der Waals surface area contributed by atoms with Crippen LogP contribution in [0, 0.1) is 6.92 Å². The van der Waals surface area contributed by atoms with E-state index in [2.05, 4.69) is 17.5 Å². The second-order valence-corrected chi connectivity index (χ2v) is 3.51. The molecule has 0 amide bonds. The summed E-state index contributed by atoms with van der Waals surface area (Å²) >= 11 is 4.54. The number of alkyl halides is 3. The maximum absolute atomic E-state index is 12.4. The molecular weight excluding hydrogens is 225 g/mol. The van der Waals surface area contributed by atoms with Gasteiger partial charge in [0.1, 0.15) is 0 Å². The summed E-state index contributed by atoms with van der Waals surface area (Å²) in [5, 5.41) is 2.41. The Labute approximate surface area is 90.3 Å². The largest absolute Gasteiger partial charge is 0.416 e. The molecule has 0 aliphatic rings. The number of hydrogen-bond acceptors (Lipinski definition) is 1. The summed E-state index contributed by atoms with van der Waals surface area (Å²) in [6.07, 6.45) is -4.36. The van der Waals surface area contributed by atoms with Gasteiger partial charge >= 0.3 is 6.18 Å². The lowest BCUT2D eigenvalue weighted by Crippen LogP contribution is -2.19. The predicted molar refractivity (Wildman–Crippen MR) is 56.6 cm³/mol. The van der Waals surface area contributed by atoms with Crippen molar-refractivity contribution in [3.05, 3.63) is 29.3 Å². The lowest BCUT2D eigenvalue weighted by atomic mass is 10.1. The molecule has 2 nitrogen and oxygen atoms in total. The molecule has 0 fully saturated rings. The fraction of sp³-hybridized carbons (Fsp3) is 0.222. The Hall–Kier alpha value is -1.30. The van der Waals surface area contributed by atoms with Gasteiger partial charge in [-0.25, -0.2) is 0 Å². The highest BCUT2D eigenvalue weighted by Crippen LogP contribution is 2.31. The standard InChI is InChI=1S/C9H9F3N2S/c1-5-2-6(9(10,11)12)4-7(3-5)14-8(13)15/h2-4H,1H3,(H3,13,14,15). The highest BCUT2D eigenvalue weighted by atomic mass is 32.1. The summed E-state index contributed by atoms with van der Waals surface area (Å²) in [5.74, 6) is 0. The molecule has 0 saturated carbocycles. The molecule has 0 atom stereocenters. The first-order chi connectivity index (χ1) is 6.79. The SMILES string of the molecule is Cc1cc(NC(N)=S)cc(C(F)(F)F)c1. The zero-order valence-corrected chi connectivity index (χ0v) is 8.67. The molecule has 0 saturated heterocycles. The fourth-order valence-electron chi connectivity index (χ4n) is 1.16. The van der Waals surface area contributed by atoms with Gasteiger partial charge in [0, 0.05) is 5.69 Å². The van der Waals surface area contributed by atoms with Crippen LogP contribution in [0.3, 0.4) is 0 Å². The third-order valence-electron chi connectivity index (χ3n) is 1.67. The van der Waals surface area contributed by atoms with Crippen molar-refractivity contribution in [1.82, 2.24) is 0 Å². The summed E-state index contributed by atoms with van der Waals surface area (Å²) in [5.41, 5.74) is 5.19. The second-order valence-electron chi connectivity index (χ2n) is 3.07. The fourth-order valence-corrected chi connectivity index (χ4v) is 1.28.